The summed E-state index contributed by atoms with van der Waals surface area (Å²) in [5.41, 5.74) is 2.28. The van der Waals surface area contributed by atoms with Gasteiger partial charge in [0.05, 0.1) is 24.5 Å². The fraction of sp³-hybridized carbons (Fsp3) is 0.542. The lowest BCUT2D eigenvalue weighted by molar-refractivity contribution is -0.140. The Kier molecular flexibility index (Phi) is 8.32. The smallest absolute Gasteiger partial charge is 0.233 e. The van der Waals surface area contributed by atoms with Crippen molar-refractivity contribution in [3.8, 4) is 0 Å². The van der Waals surface area contributed by atoms with Gasteiger partial charge in [0.1, 0.15) is 0 Å². The minimum absolute atomic E-state index is 0. The van der Waals surface area contributed by atoms with Crippen LogP contribution in [0, 0.1) is 23.7 Å². The highest BCUT2D eigenvalue weighted by Gasteiger charge is 2.58. The zero-order chi connectivity index (χ0) is 22.0. The molecule has 7 nitrogen and oxygen atoms in total. The van der Waals surface area contributed by atoms with E-state index in [2.05, 4.69) is 52.0 Å². The molecular weight excluding hydrogens is 519 g/mol. The Hall–Kier alpha value is -1.94. The van der Waals surface area contributed by atoms with E-state index in [1.165, 1.54) is 4.90 Å². The van der Waals surface area contributed by atoms with Crippen LogP contribution in [0.3, 0.4) is 0 Å². The Balaban J connectivity index is 0.00000289. The number of allylic oxidation sites excluding steroid dienone is 2. The SMILES string of the molecule is CN=C(NCCN1C(=O)C2C3C=CC(C3)C2C1=O)NCc1ccc(COC(C)C)cc1.I. The fourth-order valence-corrected chi connectivity index (χ4v) is 4.89. The standard InChI is InChI=1S/C24H32N4O3.HI/c1-15(2)31-14-17-6-4-16(5-7-17)13-27-24(25-3)26-10-11-28-22(29)20-18-8-9-19(12-18)21(20)23(28)30;/h4-9,15,18-21H,10-14H2,1-3H3,(H2,25,26,27);1H. The van der Waals surface area contributed by atoms with Gasteiger partial charge in [0.25, 0.3) is 0 Å². The van der Waals surface area contributed by atoms with Crippen molar-refractivity contribution in [1.82, 2.24) is 15.5 Å². The maximum absolute atomic E-state index is 12.7. The number of hydrogen-bond acceptors (Lipinski definition) is 4. The van der Waals surface area contributed by atoms with Crippen LogP contribution in [0.1, 0.15) is 31.4 Å². The molecule has 4 rings (SSSR count). The monoisotopic (exact) mass is 552 g/mol. The first kappa shape index (κ1) is 24.7. The second-order valence-corrected chi connectivity index (χ2v) is 8.86. The molecule has 0 aromatic heterocycles. The van der Waals surface area contributed by atoms with Gasteiger partial charge in [0.2, 0.25) is 11.8 Å². The van der Waals surface area contributed by atoms with E-state index in [-0.39, 0.29) is 65.6 Å². The number of benzene rings is 1. The summed E-state index contributed by atoms with van der Waals surface area (Å²) in [5.74, 6) is 0.886. The van der Waals surface area contributed by atoms with E-state index in [1.807, 2.05) is 13.8 Å². The van der Waals surface area contributed by atoms with Gasteiger partial charge in [0.15, 0.2) is 5.96 Å². The lowest BCUT2D eigenvalue weighted by Gasteiger charge is -2.18. The molecule has 1 saturated carbocycles. The van der Waals surface area contributed by atoms with Gasteiger partial charge in [-0.1, -0.05) is 36.4 Å². The van der Waals surface area contributed by atoms with Crippen molar-refractivity contribution >= 4 is 41.8 Å². The third kappa shape index (κ3) is 5.17. The van der Waals surface area contributed by atoms with Gasteiger partial charge in [-0.2, -0.15) is 0 Å². The largest absolute Gasteiger partial charge is 0.374 e. The van der Waals surface area contributed by atoms with Gasteiger partial charge in [0, 0.05) is 26.7 Å². The molecule has 0 spiro atoms. The fourth-order valence-electron chi connectivity index (χ4n) is 4.89. The van der Waals surface area contributed by atoms with Gasteiger partial charge in [-0.05, 0) is 43.2 Å². The molecule has 32 heavy (non-hydrogen) atoms. The number of imide groups is 1. The molecule has 1 aliphatic heterocycles. The number of hydrogen-bond donors (Lipinski definition) is 2. The number of carbonyl (C=O) groups is 2. The lowest BCUT2D eigenvalue weighted by Crippen LogP contribution is -2.43. The van der Waals surface area contributed by atoms with Crippen LogP contribution in [0.2, 0.25) is 0 Å². The molecule has 1 saturated heterocycles. The van der Waals surface area contributed by atoms with E-state index >= 15 is 0 Å². The van der Waals surface area contributed by atoms with E-state index in [4.69, 9.17) is 4.74 Å². The minimum Gasteiger partial charge on any atom is -0.374 e. The summed E-state index contributed by atoms with van der Waals surface area (Å²) in [7, 11) is 1.71. The quantitative estimate of drug-likeness (QED) is 0.171. The Morgan fingerprint density at radius 3 is 2.22 bits per heavy atom. The summed E-state index contributed by atoms with van der Waals surface area (Å²) in [5, 5.41) is 6.49. The molecule has 1 aromatic rings. The molecule has 1 heterocycles. The molecule has 2 amide bonds. The summed E-state index contributed by atoms with van der Waals surface area (Å²) in [6, 6.07) is 8.28. The Morgan fingerprint density at radius 2 is 1.66 bits per heavy atom. The van der Waals surface area contributed by atoms with Crippen LogP contribution < -0.4 is 10.6 Å². The van der Waals surface area contributed by atoms with Gasteiger partial charge in [-0.15, -0.1) is 24.0 Å². The average molecular weight is 552 g/mol. The topological polar surface area (TPSA) is 83.0 Å². The van der Waals surface area contributed by atoms with Crippen LogP contribution in [0.5, 0.6) is 0 Å². The number of rotatable bonds is 8. The number of aliphatic imine (C=N–C) groups is 1. The van der Waals surface area contributed by atoms with Crippen molar-refractivity contribution in [2.24, 2.45) is 28.7 Å². The summed E-state index contributed by atoms with van der Waals surface area (Å²) >= 11 is 0. The number of nitrogens with zero attached hydrogens (tertiary/aromatic N) is 2. The normalized spacial score (nSPS) is 26.0. The van der Waals surface area contributed by atoms with Crippen LogP contribution >= 0.6 is 24.0 Å². The summed E-state index contributed by atoms with van der Waals surface area (Å²) in [4.78, 5) is 31.2. The molecule has 174 valence electrons. The van der Waals surface area contributed by atoms with E-state index < -0.39 is 0 Å². The van der Waals surface area contributed by atoms with Crippen LogP contribution in [0.15, 0.2) is 41.4 Å². The van der Waals surface area contributed by atoms with Crippen molar-refractivity contribution in [2.75, 3.05) is 20.1 Å². The van der Waals surface area contributed by atoms with Gasteiger partial charge < -0.3 is 15.4 Å². The Labute approximate surface area is 207 Å². The first-order chi connectivity index (χ1) is 15.0. The van der Waals surface area contributed by atoms with Crippen molar-refractivity contribution < 1.29 is 14.3 Å². The van der Waals surface area contributed by atoms with Crippen LogP contribution in [0.25, 0.3) is 0 Å². The Bertz CT molecular complexity index is 854. The third-order valence-electron chi connectivity index (χ3n) is 6.48. The van der Waals surface area contributed by atoms with E-state index in [9.17, 15) is 9.59 Å². The first-order valence-electron chi connectivity index (χ1n) is 11.2. The van der Waals surface area contributed by atoms with Gasteiger partial charge in [-0.25, -0.2) is 0 Å². The maximum atomic E-state index is 12.7. The van der Waals surface area contributed by atoms with Crippen molar-refractivity contribution in [3.63, 3.8) is 0 Å². The third-order valence-corrected chi connectivity index (χ3v) is 6.48. The second kappa shape index (κ2) is 10.8. The highest BCUT2D eigenvalue weighted by atomic mass is 127. The van der Waals surface area contributed by atoms with Gasteiger partial charge in [-0.3, -0.25) is 19.5 Å². The predicted molar refractivity (Wildman–Crippen MR) is 134 cm³/mol. The highest BCUT2D eigenvalue weighted by molar-refractivity contribution is 14.0. The Morgan fingerprint density at radius 1 is 1.06 bits per heavy atom. The summed E-state index contributed by atoms with van der Waals surface area (Å²) in [6.07, 6.45) is 5.41. The second-order valence-electron chi connectivity index (χ2n) is 8.86. The molecule has 8 heteroatoms. The molecule has 2 fully saturated rings. The molecule has 2 aliphatic carbocycles. The molecule has 2 bridgehead atoms. The molecule has 4 atom stereocenters. The molecule has 2 N–H and O–H groups in total. The van der Waals surface area contributed by atoms with Crippen LogP contribution in [0.4, 0.5) is 0 Å². The van der Waals surface area contributed by atoms with E-state index in [1.54, 1.807) is 7.05 Å². The molecule has 1 aromatic carbocycles. The maximum Gasteiger partial charge on any atom is 0.233 e. The predicted octanol–water partition coefficient (Wildman–Crippen LogP) is 2.70. The highest BCUT2D eigenvalue weighted by Crippen LogP contribution is 2.52. The van der Waals surface area contributed by atoms with Gasteiger partial charge >= 0.3 is 0 Å². The zero-order valence-electron chi connectivity index (χ0n) is 18.9. The average Bonchev–Trinajstić information content (AvgIpc) is 3.45. The number of nitrogens with one attached hydrogen (secondary N) is 2. The minimum atomic E-state index is -0.131. The summed E-state index contributed by atoms with van der Waals surface area (Å²) in [6.45, 7) is 6.14. The first-order valence-corrected chi connectivity index (χ1v) is 11.2. The van der Waals surface area contributed by atoms with Crippen molar-refractivity contribution in [1.29, 1.82) is 0 Å². The molecule has 4 unspecified atom stereocenters. The molecule has 3 aliphatic rings. The van der Waals surface area contributed by atoms with E-state index in [0.29, 0.717) is 32.2 Å². The van der Waals surface area contributed by atoms with Crippen LogP contribution in [-0.4, -0.2) is 48.9 Å². The van der Waals surface area contributed by atoms with E-state index in [0.717, 1.165) is 17.5 Å². The number of likely N-dealkylation sites (tertiary alicyclic amines) is 1. The number of carbonyl (C=O) groups excluding carboxylic acids is 2. The number of halogens is 1. The number of amides is 2. The number of ether oxygens (including phenoxy) is 1. The number of guanidine groups is 1. The lowest BCUT2D eigenvalue weighted by atomic mass is 9.85. The van der Waals surface area contributed by atoms with Crippen molar-refractivity contribution in [3.05, 3.63) is 47.5 Å². The number of fused-ring (bicyclic) bond motifs is 5. The summed E-state index contributed by atoms with van der Waals surface area (Å²) < 4.78 is 5.62. The van der Waals surface area contributed by atoms with Crippen molar-refractivity contribution in [2.45, 2.75) is 39.5 Å². The molecule has 0 radical (unpaired) electrons. The molecular formula is C24H33IN4O3. The van der Waals surface area contributed by atoms with Crippen LogP contribution in [-0.2, 0) is 27.5 Å². The zero-order valence-corrected chi connectivity index (χ0v) is 21.2.